The van der Waals surface area contributed by atoms with Crippen LogP contribution in [0.2, 0.25) is 0 Å². The first-order valence-corrected chi connectivity index (χ1v) is 11.9. The Morgan fingerprint density at radius 1 is 0.914 bits per heavy atom. The largest absolute Gasteiger partial charge is 0.423 e. The molecule has 6 rings (SSSR count). The minimum absolute atomic E-state index is 0.0349. The minimum atomic E-state index is -0.417. The average Bonchev–Trinajstić information content (AvgIpc) is 2.89. The van der Waals surface area contributed by atoms with Crippen LogP contribution in [0.15, 0.2) is 109 Å². The van der Waals surface area contributed by atoms with Gasteiger partial charge in [0.05, 0.1) is 6.04 Å². The second kappa shape index (κ2) is 8.44. The van der Waals surface area contributed by atoms with Crippen molar-refractivity contribution in [3.8, 4) is 5.75 Å². The third kappa shape index (κ3) is 3.66. The van der Waals surface area contributed by atoms with Gasteiger partial charge < -0.3 is 9.64 Å². The number of benzene rings is 4. The number of carbonyl (C=O) groups is 1. The number of nitrogens with zero attached hydrogens (tertiary/aromatic N) is 1. The Balaban J connectivity index is 1.45. The van der Waals surface area contributed by atoms with Crippen molar-refractivity contribution in [1.29, 1.82) is 0 Å². The number of ether oxygens (including phenoxy) is 1. The van der Waals surface area contributed by atoms with Crippen LogP contribution in [0.4, 0.5) is 11.4 Å². The molecule has 3 heteroatoms. The van der Waals surface area contributed by atoms with Crippen molar-refractivity contribution in [2.24, 2.45) is 0 Å². The maximum absolute atomic E-state index is 12.0. The fourth-order valence-electron chi connectivity index (χ4n) is 5.13. The fraction of sp³-hybridized carbons (Fsp3) is 0.0938. The highest BCUT2D eigenvalue weighted by Crippen LogP contribution is 2.44. The van der Waals surface area contributed by atoms with E-state index in [1.165, 1.54) is 33.0 Å². The summed E-state index contributed by atoms with van der Waals surface area (Å²) in [6.07, 6.45) is 7.84. The monoisotopic (exact) mass is 455 g/mol. The van der Waals surface area contributed by atoms with Crippen LogP contribution >= 0.6 is 0 Å². The molecule has 0 aromatic heterocycles. The quantitative estimate of drug-likeness (QED) is 0.177. The SMILES string of the molecule is C=C(C)C(=O)Oc1ccc(N(c2ccccc2)C2C=Cc3ccc4cccc5c4c3C2=CC5)cc1. The zero-order valence-corrected chi connectivity index (χ0v) is 19.6. The van der Waals surface area contributed by atoms with E-state index in [1.54, 1.807) is 6.92 Å². The summed E-state index contributed by atoms with van der Waals surface area (Å²) in [5.74, 6) is 0.0892. The molecule has 35 heavy (non-hydrogen) atoms. The Morgan fingerprint density at radius 2 is 1.69 bits per heavy atom. The van der Waals surface area contributed by atoms with Gasteiger partial charge in [-0.1, -0.05) is 73.3 Å². The molecule has 1 unspecified atom stereocenters. The average molecular weight is 456 g/mol. The van der Waals surface area contributed by atoms with Gasteiger partial charge in [0.1, 0.15) is 5.75 Å². The van der Waals surface area contributed by atoms with Crippen LogP contribution in [0.3, 0.4) is 0 Å². The molecule has 0 spiro atoms. The minimum Gasteiger partial charge on any atom is -0.423 e. The Bertz CT molecular complexity index is 1530. The first-order chi connectivity index (χ1) is 17.1. The standard InChI is InChI=1S/C32H25NO2/c1-21(2)32(34)35-27-17-15-26(16-18-27)33(25-9-4-3-5-10-25)29-20-14-24-12-11-22-7-6-8-23-13-19-28(29)31(24)30(22)23/h3-12,14-20,29H,1,13H2,2H3. The Kier molecular flexibility index (Phi) is 5.11. The van der Waals surface area contributed by atoms with Crippen molar-refractivity contribution in [1.82, 2.24) is 0 Å². The summed E-state index contributed by atoms with van der Waals surface area (Å²) in [7, 11) is 0. The van der Waals surface area contributed by atoms with Gasteiger partial charge in [-0.2, -0.15) is 0 Å². The number of hydrogen-bond acceptors (Lipinski definition) is 3. The van der Waals surface area contributed by atoms with Gasteiger partial charge in [0, 0.05) is 16.9 Å². The highest BCUT2D eigenvalue weighted by molar-refractivity contribution is 6.05. The number of esters is 1. The number of hydrogen-bond donors (Lipinski definition) is 0. The van der Waals surface area contributed by atoms with Crippen molar-refractivity contribution in [2.45, 2.75) is 19.4 Å². The molecule has 0 saturated carbocycles. The van der Waals surface area contributed by atoms with E-state index in [1.807, 2.05) is 30.3 Å². The molecule has 0 fully saturated rings. The summed E-state index contributed by atoms with van der Waals surface area (Å²) >= 11 is 0. The predicted octanol–water partition coefficient (Wildman–Crippen LogP) is 7.49. The molecule has 4 aromatic carbocycles. The second-order valence-corrected chi connectivity index (χ2v) is 9.08. The highest BCUT2D eigenvalue weighted by atomic mass is 16.5. The van der Waals surface area contributed by atoms with Crippen LogP contribution in [0.1, 0.15) is 23.6 Å². The molecule has 0 saturated heterocycles. The molecule has 2 aliphatic carbocycles. The number of carbonyl (C=O) groups excluding carboxylic acids is 1. The van der Waals surface area contributed by atoms with E-state index in [-0.39, 0.29) is 6.04 Å². The van der Waals surface area contributed by atoms with Gasteiger partial charge in [-0.05, 0) is 82.8 Å². The lowest BCUT2D eigenvalue weighted by atomic mass is 9.79. The molecular formula is C32H25NO2. The molecule has 0 radical (unpaired) electrons. The Morgan fingerprint density at radius 3 is 2.46 bits per heavy atom. The second-order valence-electron chi connectivity index (χ2n) is 9.08. The fourth-order valence-corrected chi connectivity index (χ4v) is 5.13. The van der Waals surface area contributed by atoms with Gasteiger partial charge in [0.2, 0.25) is 0 Å². The van der Waals surface area contributed by atoms with Crippen LogP contribution < -0.4 is 9.64 Å². The summed E-state index contributed by atoms with van der Waals surface area (Å²) in [6, 6.07) is 29.2. The molecule has 0 heterocycles. The first kappa shape index (κ1) is 21.2. The van der Waals surface area contributed by atoms with Gasteiger partial charge in [-0.15, -0.1) is 0 Å². The summed E-state index contributed by atoms with van der Waals surface area (Å²) in [5, 5.41) is 2.66. The van der Waals surface area contributed by atoms with Crippen molar-refractivity contribution >= 4 is 39.8 Å². The molecule has 170 valence electrons. The summed E-state index contributed by atoms with van der Waals surface area (Å²) in [6.45, 7) is 5.31. The third-order valence-electron chi connectivity index (χ3n) is 6.76. The summed E-state index contributed by atoms with van der Waals surface area (Å²) in [5.41, 5.74) is 7.81. The molecule has 4 aromatic rings. The number of para-hydroxylation sites is 1. The Labute approximate surface area is 205 Å². The van der Waals surface area contributed by atoms with E-state index in [0.717, 1.165) is 17.8 Å². The number of allylic oxidation sites excluding steroid dienone is 1. The van der Waals surface area contributed by atoms with Crippen molar-refractivity contribution in [3.63, 3.8) is 0 Å². The van der Waals surface area contributed by atoms with E-state index in [4.69, 9.17) is 4.74 Å². The van der Waals surface area contributed by atoms with Gasteiger partial charge >= 0.3 is 5.97 Å². The molecule has 0 aliphatic heterocycles. The lowest BCUT2D eigenvalue weighted by Crippen LogP contribution is -2.33. The van der Waals surface area contributed by atoms with E-state index < -0.39 is 5.97 Å². The van der Waals surface area contributed by atoms with Gasteiger partial charge in [-0.25, -0.2) is 4.79 Å². The van der Waals surface area contributed by atoms with Crippen LogP contribution in [0.25, 0.3) is 22.4 Å². The van der Waals surface area contributed by atoms with Crippen molar-refractivity contribution in [3.05, 3.63) is 126 Å². The highest BCUT2D eigenvalue weighted by Gasteiger charge is 2.30. The van der Waals surface area contributed by atoms with Gasteiger partial charge in [-0.3, -0.25) is 0 Å². The van der Waals surface area contributed by atoms with Crippen LogP contribution in [0, 0.1) is 0 Å². The normalized spacial score (nSPS) is 15.5. The topological polar surface area (TPSA) is 29.5 Å². The zero-order valence-electron chi connectivity index (χ0n) is 19.6. The molecule has 3 nitrogen and oxygen atoms in total. The number of anilines is 2. The molecule has 2 aliphatic rings. The molecule has 0 N–H and O–H groups in total. The van der Waals surface area contributed by atoms with Crippen LogP contribution in [-0.2, 0) is 11.2 Å². The predicted molar refractivity (Wildman–Crippen MR) is 144 cm³/mol. The third-order valence-corrected chi connectivity index (χ3v) is 6.76. The van der Waals surface area contributed by atoms with Gasteiger partial charge in [0.25, 0.3) is 0 Å². The maximum Gasteiger partial charge on any atom is 0.338 e. The van der Waals surface area contributed by atoms with E-state index in [9.17, 15) is 4.79 Å². The summed E-state index contributed by atoms with van der Waals surface area (Å²) < 4.78 is 5.42. The van der Waals surface area contributed by atoms with Crippen molar-refractivity contribution in [2.75, 3.05) is 4.90 Å². The van der Waals surface area contributed by atoms with E-state index in [2.05, 4.69) is 84.3 Å². The molecule has 0 bridgehead atoms. The smallest absolute Gasteiger partial charge is 0.338 e. The lowest BCUT2D eigenvalue weighted by Gasteiger charge is -2.38. The zero-order chi connectivity index (χ0) is 23.9. The number of rotatable bonds is 5. The molecular weight excluding hydrogens is 430 g/mol. The molecule has 0 amide bonds. The molecule has 1 atom stereocenters. The van der Waals surface area contributed by atoms with Crippen LogP contribution in [-0.4, -0.2) is 12.0 Å². The maximum atomic E-state index is 12.0. The van der Waals surface area contributed by atoms with E-state index >= 15 is 0 Å². The van der Waals surface area contributed by atoms with Crippen molar-refractivity contribution < 1.29 is 9.53 Å². The van der Waals surface area contributed by atoms with E-state index in [0.29, 0.717) is 11.3 Å². The summed E-state index contributed by atoms with van der Waals surface area (Å²) in [4.78, 5) is 14.3. The van der Waals surface area contributed by atoms with Gasteiger partial charge in [0.15, 0.2) is 0 Å². The first-order valence-electron chi connectivity index (χ1n) is 11.9. The van der Waals surface area contributed by atoms with Crippen LogP contribution in [0.5, 0.6) is 5.75 Å². The Hall–Kier alpha value is -4.37. The lowest BCUT2D eigenvalue weighted by molar-refractivity contribution is -0.130.